The molecule has 0 saturated heterocycles. The number of hydrogen-bond acceptors (Lipinski definition) is 4. The molecule has 0 atom stereocenters. The number of nitrogens with zero attached hydrogens (tertiary/aromatic N) is 1. The summed E-state index contributed by atoms with van der Waals surface area (Å²) in [4.78, 5) is 0. The van der Waals surface area contributed by atoms with Crippen molar-refractivity contribution >= 4 is 5.69 Å². The van der Waals surface area contributed by atoms with Crippen molar-refractivity contribution in [2.24, 2.45) is 0 Å². The molecular weight excluding hydrogens is 178 g/mol. The van der Waals surface area contributed by atoms with E-state index in [1.54, 1.807) is 5.12 Å². The molecular formula is C10H17N3O. The highest BCUT2D eigenvalue weighted by Crippen LogP contribution is 2.25. The molecule has 0 unspecified atom stereocenters. The summed E-state index contributed by atoms with van der Waals surface area (Å²) in [5.41, 5.74) is 6.99. The van der Waals surface area contributed by atoms with E-state index in [4.69, 9.17) is 4.74 Å². The molecule has 0 amide bonds. The van der Waals surface area contributed by atoms with Crippen LogP contribution < -0.4 is 20.7 Å². The topological polar surface area (TPSA) is 36.5 Å². The Morgan fingerprint density at radius 1 is 1.21 bits per heavy atom. The van der Waals surface area contributed by atoms with Gasteiger partial charge < -0.3 is 4.74 Å². The van der Waals surface area contributed by atoms with Gasteiger partial charge in [-0.05, 0) is 19.1 Å². The molecule has 4 nitrogen and oxygen atoms in total. The average molecular weight is 195 g/mol. The molecule has 1 aromatic carbocycles. The summed E-state index contributed by atoms with van der Waals surface area (Å²) in [7, 11) is 3.69. The summed E-state index contributed by atoms with van der Waals surface area (Å²) in [5.74, 6) is 0.860. The minimum atomic E-state index is 0.665. The zero-order chi connectivity index (χ0) is 10.4. The lowest BCUT2D eigenvalue weighted by atomic mass is 10.3. The van der Waals surface area contributed by atoms with Crippen LogP contribution in [0.5, 0.6) is 5.75 Å². The molecule has 4 heteroatoms. The van der Waals surface area contributed by atoms with Crippen LogP contribution in [-0.4, -0.2) is 20.7 Å². The van der Waals surface area contributed by atoms with Crippen molar-refractivity contribution < 1.29 is 4.74 Å². The van der Waals surface area contributed by atoms with Gasteiger partial charge in [-0.3, -0.25) is 0 Å². The fraction of sp³-hybridized carbons (Fsp3) is 0.400. The molecule has 0 fully saturated rings. The van der Waals surface area contributed by atoms with Crippen molar-refractivity contribution in [1.82, 2.24) is 10.9 Å². The van der Waals surface area contributed by atoms with Crippen LogP contribution in [0.15, 0.2) is 24.3 Å². The molecule has 0 aliphatic rings. The molecule has 0 saturated carbocycles. The van der Waals surface area contributed by atoms with Crippen LogP contribution in [0.3, 0.4) is 0 Å². The highest BCUT2D eigenvalue weighted by atomic mass is 16.5. The maximum Gasteiger partial charge on any atom is 0.145 e. The van der Waals surface area contributed by atoms with Gasteiger partial charge in [0.05, 0.1) is 6.61 Å². The zero-order valence-electron chi connectivity index (χ0n) is 8.87. The summed E-state index contributed by atoms with van der Waals surface area (Å²) in [6.45, 7) is 2.64. The molecule has 1 aromatic rings. The van der Waals surface area contributed by atoms with Gasteiger partial charge in [-0.25, -0.2) is 16.0 Å². The minimum Gasteiger partial charge on any atom is -0.492 e. The van der Waals surface area contributed by atoms with E-state index in [1.165, 1.54) is 0 Å². The van der Waals surface area contributed by atoms with Crippen LogP contribution in [0.2, 0.25) is 0 Å². The summed E-state index contributed by atoms with van der Waals surface area (Å²) in [6.07, 6.45) is 0. The van der Waals surface area contributed by atoms with E-state index in [0.29, 0.717) is 6.61 Å². The van der Waals surface area contributed by atoms with Crippen molar-refractivity contribution in [1.29, 1.82) is 0 Å². The van der Waals surface area contributed by atoms with Gasteiger partial charge >= 0.3 is 0 Å². The van der Waals surface area contributed by atoms with Gasteiger partial charge in [0.15, 0.2) is 0 Å². The predicted molar refractivity (Wildman–Crippen MR) is 58.2 cm³/mol. The third-order valence-electron chi connectivity index (χ3n) is 1.85. The quantitative estimate of drug-likeness (QED) is 0.691. The normalized spacial score (nSPS) is 9.93. The van der Waals surface area contributed by atoms with Crippen LogP contribution in [0.1, 0.15) is 6.92 Å². The number of hydrazine groups is 2. The molecule has 78 valence electrons. The second kappa shape index (κ2) is 5.47. The van der Waals surface area contributed by atoms with E-state index in [2.05, 4.69) is 10.9 Å². The Kier molecular flexibility index (Phi) is 4.22. The van der Waals surface area contributed by atoms with Crippen LogP contribution >= 0.6 is 0 Å². The van der Waals surface area contributed by atoms with Crippen molar-refractivity contribution in [3.63, 3.8) is 0 Å². The van der Waals surface area contributed by atoms with Crippen LogP contribution in [-0.2, 0) is 0 Å². The first kappa shape index (κ1) is 10.8. The number of hydrogen-bond donors (Lipinski definition) is 2. The van der Waals surface area contributed by atoms with Gasteiger partial charge in [0, 0.05) is 14.1 Å². The monoisotopic (exact) mass is 195 g/mol. The van der Waals surface area contributed by atoms with Crippen LogP contribution in [0.25, 0.3) is 0 Å². The summed E-state index contributed by atoms with van der Waals surface area (Å²) in [6, 6.07) is 7.86. The Morgan fingerprint density at radius 3 is 2.43 bits per heavy atom. The fourth-order valence-electron chi connectivity index (χ4n) is 1.27. The number of para-hydroxylation sites is 2. The van der Waals surface area contributed by atoms with Gasteiger partial charge in [-0.1, -0.05) is 12.1 Å². The molecule has 0 radical (unpaired) electrons. The fourth-order valence-corrected chi connectivity index (χ4v) is 1.27. The first-order chi connectivity index (χ1) is 6.83. The van der Waals surface area contributed by atoms with E-state index in [-0.39, 0.29) is 0 Å². The number of rotatable bonds is 5. The Hall–Kier alpha value is -1.26. The largest absolute Gasteiger partial charge is 0.492 e. The Balaban J connectivity index is 2.92. The van der Waals surface area contributed by atoms with E-state index in [9.17, 15) is 0 Å². The summed E-state index contributed by atoms with van der Waals surface area (Å²) in [5, 5.41) is 1.80. The lowest BCUT2D eigenvalue weighted by Gasteiger charge is -2.23. The Labute approximate surface area is 84.8 Å². The summed E-state index contributed by atoms with van der Waals surface area (Å²) < 4.78 is 5.50. The summed E-state index contributed by atoms with van der Waals surface area (Å²) >= 11 is 0. The SMILES string of the molecule is CCOc1ccccc1N(NC)NC. The van der Waals surface area contributed by atoms with Gasteiger partial charge in [-0.2, -0.15) is 0 Å². The molecule has 0 bridgehead atoms. The molecule has 0 aliphatic carbocycles. The maximum absolute atomic E-state index is 5.50. The first-order valence-electron chi connectivity index (χ1n) is 4.70. The van der Waals surface area contributed by atoms with Gasteiger partial charge in [0.2, 0.25) is 0 Å². The number of nitrogens with one attached hydrogen (secondary N) is 2. The second-order valence-corrected chi connectivity index (χ2v) is 2.68. The molecule has 1 rings (SSSR count). The van der Waals surface area contributed by atoms with Crippen molar-refractivity contribution in [3.8, 4) is 5.75 Å². The lowest BCUT2D eigenvalue weighted by molar-refractivity contribution is 0.338. The van der Waals surface area contributed by atoms with Gasteiger partial charge in [0.25, 0.3) is 0 Å². The third-order valence-corrected chi connectivity index (χ3v) is 1.85. The maximum atomic E-state index is 5.50. The average Bonchev–Trinajstić information content (AvgIpc) is 2.23. The molecule has 0 aliphatic heterocycles. The highest BCUT2D eigenvalue weighted by Gasteiger charge is 2.07. The molecule has 0 aromatic heterocycles. The van der Waals surface area contributed by atoms with E-state index < -0.39 is 0 Å². The smallest absolute Gasteiger partial charge is 0.145 e. The zero-order valence-corrected chi connectivity index (χ0v) is 8.87. The van der Waals surface area contributed by atoms with E-state index >= 15 is 0 Å². The molecule has 0 spiro atoms. The Bertz CT molecular complexity index is 274. The Morgan fingerprint density at radius 2 is 1.86 bits per heavy atom. The van der Waals surface area contributed by atoms with Gasteiger partial charge in [0.1, 0.15) is 11.4 Å². The molecule has 14 heavy (non-hydrogen) atoms. The van der Waals surface area contributed by atoms with Crippen LogP contribution in [0, 0.1) is 0 Å². The molecule has 0 heterocycles. The van der Waals surface area contributed by atoms with E-state index in [1.807, 2.05) is 45.3 Å². The highest BCUT2D eigenvalue weighted by molar-refractivity contribution is 5.56. The predicted octanol–water partition coefficient (Wildman–Crippen LogP) is 1.16. The number of benzene rings is 1. The molecule has 2 N–H and O–H groups in total. The lowest BCUT2D eigenvalue weighted by Crippen LogP contribution is -2.44. The van der Waals surface area contributed by atoms with Gasteiger partial charge in [-0.15, -0.1) is 0 Å². The number of ether oxygens (including phenoxy) is 1. The third kappa shape index (κ3) is 2.37. The van der Waals surface area contributed by atoms with Crippen molar-refractivity contribution in [2.75, 3.05) is 25.8 Å². The van der Waals surface area contributed by atoms with Crippen LogP contribution in [0.4, 0.5) is 5.69 Å². The second-order valence-electron chi connectivity index (χ2n) is 2.68. The minimum absolute atomic E-state index is 0.665. The van der Waals surface area contributed by atoms with E-state index in [0.717, 1.165) is 11.4 Å². The first-order valence-corrected chi connectivity index (χ1v) is 4.70. The van der Waals surface area contributed by atoms with Crippen molar-refractivity contribution in [2.45, 2.75) is 6.92 Å². The number of anilines is 1. The van der Waals surface area contributed by atoms with Crippen molar-refractivity contribution in [3.05, 3.63) is 24.3 Å². The standard InChI is InChI=1S/C10H17N3O/c1-4-14-10-8-6-5-7-9(10)13(11-2)12-3/h5-8,11-12H,4H2,1-3H3.